The van der Waals surface area contributed by atoms with Crippen LogP contribution in [0.2, 0.25) is 0 Å². The third kappa shape index (κ3) is 4.18. The highest BCUT2D eigenvalue weighted by Crippen LogP contribution is 2.07. The van der Waals surface area contributed by atoms with Crippen LogP contribution in [0.15, 0.2) is 12.2 Å². The van der Waals surface area contributed by atoms with Crippen LogP contribution in [0.4, 0.5) is 0 Å². The molecule has 0 aromatic rings. The summed E-state index contributed by atoms with van der Waals surface area (Å²) in [5, 5.41) is 0. The molecule has 0 aliphatic heterocycles. The van der Waals surface area contributed by atoms with Gasteiger partial charge in [0.2, 0.25) is 0 Å². The minimum atomic E-state index is -0.167. The first-order valence-electron chi connectivity index (χ1n) is 3.05. The first kappa shape index (κ1) is 8.66. The van der Waals surface area contributed by atoms with Crippen LogP contribution in [0, 0.1) is 0 Å². The average molecular weight is 129 g/mol. The van der Waals surface area contributed by atoms with Crippen LogP contribution in [-0.2, 0) is 4.74 Å². The topological polar surface area (TPSA) is 35.2 Å². The molecule has 0 heterocycles. The molecule has 0 aliphatic rings. The zero-order valence-corrected chi connectivity index (χ0v) is 6.35. The Hall–Kier alpha value is -0.340. The Labute approximate surface area is 56.7 Å². The molecule has 0 unspecified atom stereocenters. The van der Waals surface area contributed by atoms with Crippen LogP contribution in [0.3, 0.4) is 0 Å². The van der Waals surface area contributed by atoms with Crippen molar-refractivity contribution in [3.05, 3.63) is 12.2 Å². The zero-order valence-electron chi connectivity index (χ0n) is 6.35. The maximum Gasteiger partial charge on any atom is 0.0803 e. The van der Waals surface area contributed by atoms with Crippen molar-refractivity contribution in [2.45, 2.75) is 19.4 Å². The first-order chi connectivity index (χ1) is 4.12. The van der Waals surface area contributed by atoms with E-state index in [0.717, 1.165) is 0 Å². The number of rotatable bonds is 3. The van der Waals surface area contributed by atoms with Crippen molar-refractivity contribution in [1.29, 1.82) is 0 Å². The average Bonchev–Trinajstić information content (AvgIpc) is 1.84. The van der Waals surface area contributed by atoms with E-state index in [1.54, 1.807) is 7.11 Å². The normalized spacial score (nSPS) is 12.9. The Morgan fingerprint density at radius 3 is 2.44 bits per heavy atom. The Balaban J connectivity index is 3.70. The molecule has 0 spiro atoms. The van der Waals surface area contributed by atoms with Gasteiger partial charge in [-0.15, -0.1) is 0 Å². The lowest BCUT2D eigenvalue weighted by Gasteiger charge is -2.17. The van der Waals surface area contributed by atoms with Gasteiger partial charge in [0.1, 0.15) is 0 Å². The summed E-state index contributed by atoms with van der Waals surface area (Å²) in [5.74, 6) is 0. The summed E-state index contributed by atoms with van der Waals surface area (Å²) in [4.78, 5) is 0. The van der Waals surface area contributed by atoms with Crippen molar-refractivity contribution >= 4 is 0 Å². The fourth-order valence-corrected chi connectivity index (χ4v) is 0.420. The minimum absolute atomic E-state index is 0.167. The van der Waals surface area contributed by atoms with Crippen LogP contribution in [0.25, 0.3) is 0 Å². The van der Waals surface area contributed by atoms with Crippen molar-refractivity contribution in [1.82, 2.24) is 0 Å². The molecule has 0 saturated heterocycles. The molecule has 0 amide bonds. The van der Waals surface area contributed by atoms with E-state index in [1.807, 2.05) is 26.0 Å². The van der Waals surface area contributed by atoms with Gasteiger partial charge in [0.15, 0.2) is 0 Å². The molecular weight excluding hydrogens is 114 g/mol. The molecule has 0 atom stereocenters. The van der Waals surface area contributed by atoms with E-state index in [-0.39, 0.29) is 5.60 Å². The molecule has 2 nitrogen and oxygen atoms in total. The highest BCUT2D eigenvalue weighted by atomic mass is 16.5. The van der Waals surface area contributed by atoms with E-state index < -0.39 is 0 Å². The molecule has 0 saturated carbocycles. The van der Waals surface area contributed by atoms with Gasteiger partial charge in [0.25, 0.3) is 0 Å². The molecule has 2 heteroatoms. The maximum atomic E-state index is 5.25. The number of hydrogen-bond acceptors (Lipinski definition) is 2. The quantitative estimate of drug-likeness (QED) is 0.575. The Morgan fingerprint density at radius 1 is 1.56 bits per heavy atom. The third-order valence-electron chi connectivity index (χ3n) is 1.18. The Bertz CT molecular complexity index is 97.1. The van der Waals surface area contributed by atoms with Gasteiger partial charge in [-0.2, -0.15) is 0 Å². The van der Waals surface area contributed by atoms with Gasteiger partial charge in [-0.25, -0.2) is 0 Å². The second-order valence-electron chi connectivity index (χ2n) is 2.45. The predicted octanol–water partition coefficient (Wildman–Crippen LogP) is 0.926. The van der Waals surface area contributed by atoms with Gasteiger partial charge in [-0.3, -0.25) is 0 Å². The van der Waals surface area contributed by atoms with E-state index in [1.165, 1.54) is 0 Å². The van der Waals surface area contributed by atoms with Crippen LogP contribution in [-0.4, -0.2) is 19.3 Å². The molecule has 2 N–H and O–H groups in total. The van der Waals surface area contributed by atoms with Gasteiger partial charge in [-0.05, 0) is 13.8 Å². The second kappa shape index (κ2) is 3.64. The van der Waals surface area contributed by atoms with Gasteiger partial charge >= 0.3 is 0 Å². The summed E-state index contributed by atoms with van der Waals surface area (Å²) in [6.07, 6.45) is 3.84. The van der Waals surface area contributed by atoms with Crippen LogP contribution in [0.1, 0.15) is 13.8 Å². The fraction of sp³-hybridized carbons (Fsp3) is 0.714. The van der Waals surface area contributed by atoms with Crippen molar-refractivity contribution in [2.75, 3.05) is 13.7 Å². The van der Waals surface area contributed by atoms with Gasteiger partial charge in [-0.1, -0.05) is 12.2 Å². The molecule has 0 radical (unpaired) electrons. The van der Waals surface area contributed by atoms with E-state index in [0.29, 0.717) is 6.54 Å². The van der Waals surface area contributed by atoms with Crippen molar-refractivity contribution in [3.63, 3.8) is 0 Å². The zero-order chi connectivity index (χ0) is 7.33. The van der Waals surface area contributed by atoms with E-state index in [4.69, 9.17) is 10.5 Å². The molecule has 0 aliphatic carbocycles. The molecule has 9 heavy (non-hydrogen) atoms. The molecule has 0 fully saturated rings. The van der Waals surface area contributed by atoms with Crippen LogP contribution in [0.5, 0.6) is 0 Å². The third-order valence-corrected chi connectivity index (χ3v) is 1.18. The monoisotopic (exact) mass is 129 g/mol. The van der Waals surface area contributed by atoms with E-state index in [2.05, 4.69) is 0 Å². The highest BCUT2D eigenvalue weighted by molar-refractivity contribution is 4.96. The molecule has 54 valence electrons. The van der Waals surface area contributed by atoms with Gasteiger partial charge < -0.3 is 10.5 Å². The number of nitrogens with two attached hydrogens (primary N) is 1. The smallest absolute Gasteiger partial charge is 0.0803 e. The van der Waals surface area contributed by atoms with Crippen molar-refractivity contribution in [3.8, 4) is 0 Å². The van der Waals surface area contributed by atoms with Crippen LogP contribution >= 0.6 is 0 Å². The molecule has 0 bridgehead atoms. The second-order valence-corrected chi connectivity index (χ2v) is 2.45. The largest absolute Gasteiger partial charge is 0.375 e. The predicted molar refractivity (Wildman–Crippen MR) is 39.3 cm³/mol. The van der Waals surface area contributed by atoms with Crippen molar-refractivity contribution in [2.24, 2.45) is 5.73 Å². The maximum absolute atomic E-state index is 5.25. The fourth-order valence-electron chi connectivity index (χ4n) is 0.420. The number of ether oxygens (including phenoxy) is 1. The van der Waals surface area contributed by atoms with Gasteiger partial charge in [0.05, 0.1) is 5.60 Å². The lowest BCUT2D eigenvalue weighted by Crippen LogP contribution is -2.18. The van der Waals surface area contributed by atoms with E-state index in [9.17, 15) is 0 Å². The summed E-state index contributed by atoms with van der Waals surface area (Å²) >= 11 is 0. The summed E-state index contributed by atoms with van der Waals surface area (Å²) in [6, 6.07) is 0. The molecule has 0 rings (SSSR count). The Kier molecular flexibility index (Phi) is 3.50. The first-order valence-corrected chi connectivity index (χ1v) is 3.05. The summed E-state index contributed by atoms with van der Waals surface area (Å²) < 4.78 is 5.10. The SMILES string of the molecule is COC(C)(C)/C=C/CN. The summed E-state index contributed by atoms with van der Waals surface area (Å²) in [7, 11) is 1.68. The van der Waals surface area contributed by atoms with Crippen molar-refractivity contribution < 1.29 is 4.74 Å². The minimum Gasteiger partial charge on any atom is -0.375 e. The standard InChI is InChI=1S/C7H15NO/c1-7(2,9-3)5-4-6-8/h4-5H,6,8H2,1-3H3/b5-4+. The summed E-state index contributed by atoms with van der Waals surface area (Å²) in [5.41, 5.74) is 5.08. The number of hydrogen-bond donors (Lipinski definition) is 1. The lowest BCUT2D eigenvalue weighted by atomic mass is 10.1. The van der Waals surface area contributed by atoms with Gasteiger partial charge in [0, 0.05) is 13.7 Å². The Morgan fingerprint density at radius 2 is 2.11 bits per heavy atom. The molecule has 0 aromatic carbocycles. The lowest BCUT2D eigenvalue weighted by molar-refractivity contribution is 0.0654. The van der Waals surface area contributed by atoms with Crippen LogP contribution < -0.4 is 5.73 Å². The van der Waals surface area contributed by atoms with E-state index >= 15 is 0 Å². The molecular formula is C7H15NO. The highest BCUT2D eigenvalue weighted by Gasteiger charge is 2.09. The summed E-state index contributed by atoms with van der Waals surface area (Å²) in [6.45, 7) is 4.55. The molecule has 0 aromatic heterocycles. The number of methoxy groups -OCH3 is 1.